The van der Waals surface area contributed by atoms with E-state index >= 15 is 0 Å². The molecule has 0 radical (unpaired) electrons. The number of fused-ring (bicyclic) bond motifs is 1. The maximum Gasteiger partial charge on any atom is 0.311 e. The van der Waals surface area contributed by atoms with Gasteiger partial charge < -0.3 is 19.2 Å². The van der Waals surface area contributed by atoms with Gasteiger partial charge >= 0.3 is 5.97 Å². The van der Waals surface area contributed by atoms with Gasteiger partial charge in [0.25, 0.3) is 0 Å². The predicted molar refractivity (Wildman–Crippen MR) is 92.1 cm³/mol. The Labute approximate surface area is 148 Å². The lowest BCUT2D eigenvalue weighted by molar-refractivity contribution is -0.151. The Balaban J connectivity index is 1.46. The first-order valence-corrected chi connectivity index (χ1v) is 9.44. The third-order valence-electron chi connectivity index (χ3n) is 6.27. The van der Waals surface area contributed by atoms with Crippen LogP contribution < -0.4 is 0 Å². The number of carboxylic acids is 1. The fourth-order valence-electron chi connectivity index (χ4n) is 4.97. The lowest BCUT2D eigenvalue weighted by Crippen LogP contribution is -2.42. The molecule has 4 rings (SSSR count). The molecule has 0 aliphatic carbocycles. The Morgan fingerprint density at radius 2 is 2.24 bits per heavy atom. The molecule has 0 amide bonds. The molecule has 138 valence electrons. The standard InChI is InChI=1S/C19H28N2O4/c22-18(23)19-5-2-6-20(9-15-4-8-24-13-15)10-16(19)11-21(14-19)12-17-3-1-7-25-17/h1,3,7,15-16H,2,4-6,8-14H2,(H,22,23)/t15?,16-,19-/m1/s1. The summed E-state index contributed by atoms with van der Waals surface area (Å²) in [6.07, 6.45) is 4.56. The summed E-state index contributed by atoms with van der Waals surface area (Å²) in [5.74, 6) is 1.09. The molecule has 3 fully saturated rings. The minimum Gasteiger partial charge on any atom is -0.481 e. The molecule has 4 heterocycles. The first-order valence-electron chi connectivity index (χ1n) is 9.44. The molecule has 1 unspecified atom stereocenters. The van der Waals surface area contributed by atoms with Crippen molar-refractivity contribution in [1.29, 1.82) is 0 Å². The quantitative estimate of drug-likeness (QED) is 0.877. The molecule has 1 aromatic heterocycles. The minimum absolute atomic E-state index is 0.185. The highest BCUT2D eigenvalue weighted by Crippen LogP contribution is 2.43. The summed E-state index contributed by atoms with van der Waals surface area (Å²) in [5, 5.41) is 10.0. The Kier molecular flexibility index (Phi) is 4.84. The summed E-state index contributed by atoms with van der Waals surface area (Å²) in [6.45, 7) is 6.85. The van der Waals surface area contributed by atoms with Gasteiger partial charge in [0.2, 0.25) is 0 Å². The summed E-state index contributed by atoms with van der Waals surface area (Å²) in [7, 11) is 0. The fourth-order valence-corrected chi connectivity index (χ4v) is 4.97. The summed E-state index contributed by atoms with van der Waals surface area (Å²) in [4.78, 5) is 17.0. The van der Waals surface area contributed by atoms with Crippen LogP contribution in [0.4, 0.5) is 0 Å². The van der Waals surface area contributed by atoms with Gasteiger partial charge in [-0.15, -0.1) is 0 Å². The van der Waals surface area contributed by atoms with Crippen LogP contribution in [0.25, 0.3) is 0 Å². The summed E-state index contributed by atoms with van der Waals surface area (Å²) in [5.41, 5.74) is -0.604. The number of carboxylic acid groups (broad SMARTS) is 1. The number of hydrogen-bond donors (Lipinski definition) is 1. The first-order chi connectivity index (χ1) is 12.2. The molecule has 1 N–H and O–H groups in total. The van der Waals surface area contributed by atoms with Gasteiger partial charge in [0, 0.05) is 38.7 Å². The molecule has 0 aromatic carbocycles. The number of rotatable bonds is 5. The second kappa shape index (κ2) is 7.09. The van der Waals surface area contributed by atoms with E-state index in [0.29, 0.717) is 19.0 Å². The molecular weight excluding hydrogens is 320 g/mol. The molecule has 6 heteroatoms. The second-order valence-electron chi connectivity index (χ2n) is 8.00. The molecule has 3 aliphatic heterocycles. The van der Waals surface area contributed by atoms with Crippen LogP contribution in [0.2, 0.25) is 0 Å². The van der Waals surface area contributed by atoms with Crippen LogP contribution in [0.3, 0.4) is 0 Å². The molecule has 0 spiro atoms. The van der Waals surface area contributed by atoms with E-state index < -0.39 is 11.4 Å². The van der Waals surface area contributed by atoms with Gasteiger partial charge in [-0.05, 0) is 43.9 Å². The number of nitrogens with zero attached hydrogens (tertiary/aromatic N) is 2. The van der Waals surface area contributed by atoms with E-state index in [1.54, 1.807) is 6.26 Å². The van der Waals surface area contributed by atoms with Crippen molar-refractivity contribution in [3.8, 4) is 0 Å². The van der Waals surface area contributed by atoms with Crippen molar-refractivity contribution < 1.29 is 19.1 Å². The van der Waals surface area contributed by atoms with Crippen LogP contribution in [0, 0.1) is 17.3 Å². The summed E-state index contributed by atoms with van der Waals surface area (Å²) < 4.78 is 11.0. The van der Waals surface area contributed by atoms with Gasteiger partial charge in [0.15, 0.2) is 0 Å². The SMILES string of the molecule is O=C(O)[C@@]12CCCN(CC3CCOC3)C[C@@H]1CN(Cc1ccco1)C2. The van der Waals surface area contributed by atoms with E-state index in [1.807, 2.05) is 12.1 Å². The van der Waals surface area contributed by atoms with Crippen LogP contribution in [-0.2, 0) is 16.1 Å². The Morgan fingerprint density at radius 3 is 2.96 bits per heavy atom. The van der Waals surface area contributed by atoms with Crippen LogP contribution in [-0.4, -0.2) is 66.8 Å². The highest BCUT2D eigenvalue weighted by Gasteiger charge is 2.53. The average Bonchev–Trinajstić information content (AvgIpc) is 3.29. The Hall–Kier alpha value is -1.37. The largest absolute Gasteiger partial charge is 0.481 e. The van der Waals surface area contributed by atoms with Crippen molar-refractivity contribution >= 4 is 5.97 Å². The zero-order chi connectivity index (χ0) is 17.3. The van der Waals surface area contributed by atoms with Crippen molar-refractivity contribution in [3.63, 3.8) is 0 Å². The molecule has 3 atom stereocenters. The molecule has 25 heavy (non-hydrogen) atoms. The zero-order valence-corrected chi connectivity index (χ0v) is 14.7. The molecule has 3 saturated heterocycles. The van der Waals surface area contributed by atoms with Gasteiger partial charge in [-0.1, -0.05) is 0 Å². The Morgan fingerprint density at radius 1 is 1.36 bits per heavy atom. The van der Waals surface area contributed by atoms with Crippen molar-refractivity contribution in [2.24, 2.45) is 17.3 Å². The number of hydrogen-bond acceptors (Lipinski definition) is 5. The third-order valence-corrected chi connectivity index (χ3v) is 6.27. The normalized spacial score (nSPS) is 34.1. The maximum absolute atomic E-state index is 12.2. The minimum atomic E-state index is -0.620. The summed E-state index contributed by atoms with van der Waals surface area (Å²) >= 11 is 0. The maximum atomic E-state index is 12.2. The van der Waals surface area contributed by atoms with E-state index in [9.17, 15) is 9.90 Å². The zero-order valence-electron chi connectivity index (χ0n) is 14.7. The highest BCUT2D eigenvalue weighted by molar-refractivity contribution is 5.76. The smallest absolute Gasteiger partial charge is 0.311 e. The second-order valence-corrected chi connectivity index (χ2v) is 8.00. The van der Waals surface area contributed by atoms with E-state index in [2.05, 4.69) is 9.80 Å². The van der Waals surface area contributed by atoms with Crippen LogP contribution in [0.1, 0.15) is 25.0 Å². The highest BCUT2D eigenvalue weighted by atomic mass is 16.5. The third kappa shape index (κ3) is 3.48. The fraction of sp³-hybridized carbons (Fsp3) is 0.737. The van der Waals surface area contributed by atoms with Crippen molar-refractivity contribution in [2.75, 3.05) is 45.9 Å². The monoisotopic (exact) mass is 348 g/mol. The van der Waals surface area contributed by atoms with E-state index in [1.165, 1.54) is 0 Å². The molecule has 6 nitrogen and oxygen atoms in total. The lowest BCUT2D eigenvalue weighted by Gasteiger charge is -2.30. The van der Waals surface area contributed by atoms with Crippen molar-refractivity contribution in [1.82, 2.24) is 9.80 Å². The summed E-state index contributed by atoms with van der Waals surface area (Å²) in [6, 6.07) is 3.86. The molecule has 1 aromatic rings. The van der Waals surface area contributed by atoms with E-state index in [0.717, 1.165) is 64.4 Å². The number of likely N-dealkylation sites (tertiary alicyclic amines) is 2. The molecular formula is C19H28N2O4. The predicted octanol–water partition coefficient (Wildman–Crippen LogP) is 1.91. The number of carbonyl (C=O) groups is 1. The first kappa shape index (κ1) is 17.1. The molecule has 0 bridgehead atoms. The van der Waals surface area contributed by atoms with Gasteiger partial charge in [-0.2, -0.15) is 0 Å². The lowest BCUT2D eigenvalue weighted by atomic mass is 9.75. The van der Waals surface area contributed by atoms with Crippen LogP contribution >= 0.6 is 0 Å². The average molecular weight is 348 g/mol. The molecule has 0 saturated carbocycles. The van der Waals surface area contributed by atoms with E-state index in [4.69, 9.17) is 9.15 Å². The van der Waals surface area contributed by atoms with Gasteiger partial charge in [0.05, 0.1) is 24.8 Å². The van der Waals surface area contributed by atoms with Gasteiger partial charge in [0.1, 0.15) is 5.76 Å². The van der Waals surface area contributed by atoms with Crippen LogP contribution in [0.15, 0.2) is 22.8 Å². The number of furan rings is 1. The van der Waals surface area contributed by atoms with Gasteiger partial charge in [-0.25, -0.2) is 0 Å². The van der Waals surface area contributed by atoms with Crippen LogP contribution in [0.5, 0.6) is 0 Å². The van der Waals surface area contributed by atoms with E-state index in [-0.39, 0.29) is 5.92 Å². The van der Waals surface area contributed by atoms with Crippen molar-refractivity contribution in [3.05, 3.63) is 24.2 Å². The topological polar surface area (TPSA) is 66.2 Å². The molecule has 3 aliphatic rings. The van der Waals surface area contributed by atoms with Crippen molar-refractivity contribution in [2.45, 2.75) is 25.8 Å². The Bertz CT molecular complexity index is 584. The number of ether oxygens (including phenoxy) is 1. The van der Waals surface area contributed by atoms with Gasteiger partial charge in [-0.3, -0.25) is 9.69 Å². The number of aliphatic carboxylic acids is 1.